The Kier molecular flexibility index (Phi) is 7.00. The molecule has 0 aliphatic carbocycles. The van der Waals surface area contributed by atoms with Gasteiger partial charge in [-0.25, -0.2) is 19.2 Å². The van der Waals surface area contributed by atoms with Crippen LogP contribution in [-0.2, 0) is 14.8 Å². The van der Waals surface area contributed by atoms with E-state index in [9.17, 15) is 8.42 Å². The zero-order valence-electron chi connectivity index (χ0n) is 11.4. The topological polar surface area (TPSA) is 121 Å². The maximum Gasteiger partial charge on any atom is 0.246 e. The van der Waals surface area contributed by atoms with Gasteiger partial charge in [0.05, 0.1) is 12.7 Å². The van der Waals surface area contributed by atoms with Crippen LogP contribution >= 0.6 is 15.9 Å². The van der Waals surface area contributed by atoms with Crippen molar-refractivity contribution in [2.45, 2.75) is 11.3 Å². The fraction of sp³-hybridized carbons (Fsp3) is 0.455. The minimum Gasteiger partial charge on any atom is -0.383 e. The Morgan fingerprint density at radius 2 is 2.29 bits per heavy atom. The summed E-state index contributed by atoms with van der Waals surface area (Å²) < 4.78 is 31.9. The molecular weight excluding hydrogens is 362 g/mol. The zero-order valence-corrected chi connectivity index (χ0v) is 13.8. The molecule has 0 radical (unpaired) electrons. The van der Waals surface area contributed by atoms with Crippen LogP contribution in [0.1, 0.15) is 6.42 Å². The number of anilines is 1. The van der Waals surface area contributed by atoms with E-state index >= 15 is 0 Å². The SMILES string of the molecule is COCCN(CCC#N)S(=O)(=O)c1cc(Br)cnc1NN. The molecule has 1 heterocycles. The summed E-state index contributed by atoms with van der Waals surface area (Å²) in [4.78, 5) is 3.86. The molecule has 1 aromatic rings. The third-order valence-electron chi connectivity index (χ3n) is 2.59. The van der Waals surface area contributed by atoms with E-state index in [2.05, 4.69) is 26.3 Å². The van der Waals surface area contributed by atoms with Crippen LogP contribution in [0.25, 0.3) is 0 Å². The second-order valence-electron chi connectivity index (χ2n) is 3.95. The van der Waals surface area contributed by atoms with Crippen molar-refractivity contribution < 1.29 is 13.2 Å². The highest BCUT2D eigenvalue weighted by Gasteiger charge is 2.27. The monoisotopic (exact) mass is 377 g/mol. The number of ether oxygens (including phenoxy) is 1. The summed E-state index contributed by atoms with van der Waals surface area (Å²) in [6, 6.07) is 3.33. The van der Waals surface area contributed by atoms with Crippen LogP contribution in [0.3, 0.4) is 0 Å². The van der Waals surface area contributed by atoms with Crippen molar-refractivity contribution in [1.82, 2.24) is 9.29 Å². The smallest absolute Gasteiger partial charge is 0.246 e. The molecule has 0 saturated carbocycles. The first-order chi connectivity index (χ1) is 9.97. The van der Waals surface area contributed by atoms with Crippen molar-refractivity contribution in [3.63, 3.8) is 0 Å². The van der Waals surface area contributed by atoms with Gasteiger partial charge in [-0.2, -0.15) is 9.57 Å². The predicted octanol–water partition coefficient (Wildman–Crippen LogP) is 0.680. The second kappa shape index (κ2) is 8.26. The van der Waals surface area contributed by atoms with Gasteiger partial charge in [0.1, 0.15) is 4.90 Å². The first kappa shape index (κ1) is 17.8. The molecule has 0 aromatic carbocycles. The van der Waals surface area contributed by atoms with Crippen molar-refractivity contribution in [2.24, 2.45) is 5.84 Å². The van der Waals surface area contributed by atoms with Crippen LogP contribution in [0.2, 0.25) is 0 Å². The molecule has 21 heavy (non-hydrogen) atoms. The number of nitrogens with two attached hydrogens (primary N) is 1. The molecule has 0 spiro atoms. The largest absolute Gasteiger partial charge is 0.383 e. The molecule has 0 atom stereocenters. The first-order valence-corrected chi connectivity index (χ1v) is 8.19. The first-order valence-electron chi connectivity index (χ1n) is 5.95. The maximum absolute atomic E-state index is 12.7. The van der Waals surface area contributed by atoms with E-state index < -0.39 is 10.0 Å². The number of hydrogen-bond donors (Lipinski definition) is 2. The predicted molar refractivity (Wildman–Crippen MR) is 80.6 cm³/mol. The van der Waals surface area contributed by atoms with Gasteiger partial charge in [0.25, 0.3) is 0 Å². The molecule has 3 N–H and O–H groups in total. The van der Waals surface area contributed by atoms with E-state index in [0.717, 1.165) is 0 Å². The van der Waals surface area contributed by atoms with E-state index in [1.165, 1.54) is 23.7 Å². The molecule has 116 valence electrons. The number of nitrogens with zero attached hydrogens (tertiary/aromatic N) is 3. The number of rotatable bonds is 8. The quantitative estimate of drug-likeness (QED) is 0.504. The number of aromatic nitrogens is 1. The van der Waals surface area contributed by atoms with Crippen LogP contribution in [0.5, 0.6) is 0 Å². The molecule has 0 bridgehead atoms. The number of nitrogen functional groups attached to an aromatic ring is 1. The number of nitriles is 1. The number of halogens is 1. The molecule has 0 saturated heterocycles. The Morgan fingerprint density at radius 1 is 1.57 bits per heavy atom. The lowest BCUT2D eigenvalue weighted by atomic mass is 10.4. The van der Waals surface area contributed by atoms with Gasteiger partial charge in [0, 0.05) is 37.3 Å². The molecule has 1 aromatic heterocycles. The molecule has 10 heteroatoms. The van der Waals surface area contributed by atoms with Gasteiger partial charge in [-0.15, -0.1) is 0 Å². The summed E-state index contributed by atoms with van der Waals surface area (Å²) in [5.74, 6) is 5.35. The summed E-state index contributed by atoms with van der Waals surface area (Å²) in [5, 5.41) is 8.67. The number of pyridine rings is 1. The summed E-state index contributed by atoms with van der Waals surface area (Å²) >= 11 is 3.18. The number of hydrogen-bond acceptors (Lipinski definition) is 7. The normalized spacial score (nSPS) is 11.4. The van der Waals surface area contributed by atoms with Crippen LogP contribution < -0.4 is 11.3 Å². The van der Waals surface area contributed by atoms with Gasteiger partial charge in [-0.3, -0.25) is 0 Å². The lowest BCUT2D eigenvalue weighted by Crippen LogP contribution is -2.35. The van der Waals surface area contributed by atoms with Gasteiger partial charge in [0.15, 0.2) is 5.82 Å². The molecule has 0 aliphatic rings. The van der Waals surface area contributed by atoms with Gasteiger partial charge >= 0.3 is 0 Å². The van der Waals surface area contributed by atoms with E-state index in [1.807, 2.05) is 6.07 Å². The Morgan fingerprint density at radius 3 is 2.86 bits per heavy atom. The second-order valence-corrected chi connectivity index (χ2v) is 6.77. The number of methoxy groups -OCH3 is 1. The van der Waals surface area contributed by atoms with Gasteiger partial charge in [-0.05, 0) is 22.0 Å². The van der Waals surface area contributed by atoms with E-state index in [4.69, 9.17) is 15.8 Å². The van der Waals surface area contributed by atoms with Crippen molar-refractivity contribution in [3.05, 3.63) is 16.7 Å². The van der Waals surface area contributed by atoms with Crippen LogP contribution in [0.4, 0.5) is 5.82 Å². The molecule has 0 fully saturated rings. The third kappa shape index (κ3) is 4.62. The highest BCUT2D eigenvalue weighted by Crippen LogP contribution is 2.25. The average molecular weight is 378 g/mol. The summed E-state index contributed by atoms with van der Waals surface area (Å²) in [5.41, 5.74) is 2.26. The molecule has 0 amide bonds. The number of sulfonamides is 1. The minimum absolute atomic E-state index is 0.0394. The van der Waals surface area contributed by atoms with Gasteiger partial charge in [-0.1, -0.05) is 0 Å². The Bertz CT molecular complexity index is 617. The molecule has 0 aliphatic heterocycles. The van der Waals surface area contributed by atoms with Crippen molar-refractivity contribution >= 4 is 31.8 Å². The summed E-state index contributed by atoms with van der Waals surface area (Å²) in [6.07, 6.45) is 1.51. The fourth-order valence-corrected chi connectivity index (χ4v) is 3.62. The summed E-state index contributed by atoms with van der Waals surface area (Å²) in [7, 11) is -2.37. The Labute approximate surface area is 132 Å². The average Bonchev–Trinajstić information content (AvgIpc) is 2.47. The van der Waals surface area contributed by atoms with Crippen molar-refractivity contribution in [2.75, 3.05) is 32.2 Å². The minimum atomic E-state index is -3.84. The van der Waals surface area contributed by atoms with Crippen LogP contribution in [-0.4, -0.2) is 44.5 Å². The fourth-order valence-electron chi connectivity index (χ4n) is 1.58. The molecule has 1 rings (SSSR count). The Balaban J connectivity index is 3.21. The lowest BCUT2D eigenvalue weighted by molar-refractivity contribution is 0.179. The van der Waals surface area contributed by atoms with E-state index in [0.29, 0.717) is 4.47 Å². The van der Waals surface area contributed by atoms with Gasteiger partial charge < -0.3 is 10.2 Å². The van der Waals surface area contributed by atoms with Crippen LogP contribution in [0, 0.1) is 11.3 Å². The zero-order chi connectivity index (χ0) is 15.9. The summed E-state index contributed by atoms with van der Waals surface area (Å²) in [6.45, 7) is 0.424. The lowest BCUT2D eigenvalue weighted by Gasteiger charge is -2.22. The molecule has 8 nitrogen and oxygen atoms in total. The Hall–Kier alpha value is -1.25. The standard InChI is InChI=1S/C11H16BrN5O3S/c1-20-6-5-17(4-2-3-13)21(18,19)10-7-9(12)8-15-11(10)16-14/h7-8H,2,4-6,14H2,1H3,(H,15,16). The number of hydrazine groups is 1. The maximum atomic E-state index is 12.7. The highest BCUT2D eigenvalue weighted by molar-refractivity contribution is 9.10. The molecular formula is C11H16BrN5O3S. The highest BCUT2D eigenvalue weighted by atomic mass is 79.9. The van der Waals surface area contributed by atoms with Gasteiger partial charge in [0.2, 0.25) is 10.0 Å². The van der Waals surface area contributed by atoms with E-state index in [-0.39, 0.29) is 36.8 Å². The van der Waals surface area contributed by atoms with E-state index in [1.54, 1.807) is 0 Å². The van der Waals surface area contributed by atoms with Crippen molar-refractivity contribution in [3.8, 4) is 6.07 Å². The molecule has 0 unspecified atom stereocenters. The van der Waals surface area contributed by atoms with Crippen LogP contribution in [0.15, 0.2) is 21.6 Å². The van der Waals surface area contributed by atoms with Crippen molar-refractivity contribution in [1.29, 1.82) is 5.26 Å². The number of nitrogens with one attached hydrogen (secondary N) is 1. The third-order valence-corrected chi connectivity index (χ3v) is 4.94.